The molecule has 114 valence electrons. The average molecular weight is 305 g/mol. The van der Waals surface area contributed by atoms with Crippen LogP contribution in [0.3, 0.4) is 0 Å². The molecule has 23 heavy (non-hydrogen) atoms. The highest BCUT2D eigenvalue weighted by Gasteiger charge is 2.10. The Morgan fingerprint density at radius 3 is 2.61 bits per heavy atom. The second kappa shape index (κ2) is 6.32. The number of nitrogens with zero attached hydrogens (tertiary/aromatic N) is 1. The minimum Gasteiger partial charge on any atom is -0.507 e. The smallest absolute Gasteiger partial charge is 0.280 e. The van der Waals surface area contributed by atoms with Crippen LogP contribution >= 0.6 is 0 Å². The average Bonchev–Trinajstić information content (AvgIpc) is 2.60. The molecule has 1 N–H and O–H groups in total. The van der Waals surface area contributed by atoms with E-state index in [1.54, 1.807) is 30.3 Å². The first-order valence-corrected chi connectivity index (χ1v) is 7.13. The molecule has 3 aromatic rings. The van der Waals surface area contributed by atoms with Gasteiger partial charge in [-0.15, -0.1) is 0 Å². The number of hydrogen-bond donors (Lipinski definition) is 1. The zero-order valence-corrected chi connectivity index (χ0v) is 12.6. The minimum absolute atomic E-state index is 0.0836. The van der Waals surface area contributed by atoms with Gasteiger partial charge in [0.05, 0.1) is 12.7 Å². The number of para-hydroxylation sites is 1. The molecular weight excluding hydrogens is 290 g/mol. The van der Waals surface area contributed by atoms with Gasteiger partial charge in [0.15, 0.2) is 0 Å². The van der Waals surface area contributed by atoms with Crippen molar-refractivity contribution in [3.8, 4) is 11.5 Å². The lowest BCUT2D eigenvalue weighted by atomic mass is 10.0. The number of aliphatic imine (C=N–C) groups is 1. The number of methoxy groups -OCH3 is 1. The first-order chi connectivity index (χ1) is 11.2. The predicted octanol–water partition coefficient (Wildman–Crippen LogP) is 3.81. The van der Waals surface area contributed by atoms with Crippen molar-refractivity contribution in [3.05, 3.63) is 71.8 Å². The standard InChI is InChI=1S/C19H15NO3/c1-23-18-9-5-4-8-15(18)19(22)20-12-16-14-7-3-2-6-13(14)10-11-17(16)21/h2-12,21H,1H3. The third-order valence-electron chi connectivity index (χ3n) is 3.60. The van der Waals surface area contributed by atoms with Gasteiger partial charge in [0.2, 0.25) is 0 Å². The maximum Gasteiger partial charge on any atom is 0.280 e. The van der Waals surface area contributed by atoms with Crippen LogP contribution in [-0.2, 0) is 0 Å². The number of phenols is 1. The maximum atomic E-state index is 12.3. The molecule has 0 atom stereocenters. The Hall–Kier alpha value is -3.14. The van der Waals surface area contributed by atoms with Gasteiger partial charge in [-0.05, 0) is 29.0 Å². The van der Waals surface area contributed by atoms with E-state index in [4.69, 9.17) is 4.74 Å². The van der Waals surface area contributed by atoms with Crippen LogP contribution in [0.25, 0.3) is 10.8 Å². The molecule has 4 heteroatoms. The molecule has 3 rings (SSSR count). The first kappa shape index (κ1) is 14.8. The highest BCUT2D eigenvalue weighted by atomic mass is 16.5. The summed E-state index contributed by atoms with van der Waals surface area (Å²) in [5.74, 6) is 0.131. The van der Waals surface area contributed by atoms with Crippen molar-refractivity contribution in [2.75, 3.05) is 7.11 Å². The van der Waals surface area contributed by atoms with E-state index in [1.165, 1.54) is 13.3 Å². The van der Waals surface area contributed by atoms with E-state index < -0.39 is 5.91 Å². The molecule has 0 aliphatic carbocycles. The summed E-state index contributed by atoms with van der Waals surface area (Å²) in [6.07, 6.45) is 1.40. The summed E-state index contributed by atoms with van der Waals surface area (Å²) in [4.78, 5) is 16.3. The van der Waals surface area contributed by atoms with Gasteiger partial charge in [0, 0.05) is 11.8 Å². The fraction of sp³-hybridized carbons (Fsp3) is 0.0526. The Balaban J connectivity index is 2.00. The number of amides is 1. The summed E-state index contributed by atoms with van der Waals surface area (Å²) in [5, 5.41) is 11.9. The van der Waals surface area contributed by atoms with Crippen LogP contribution in [0.1, 0.15) is 15.9 Å². The molecule has 0 unspecified atom stereocenters. The lowest BCUT2D eigenvalue weighted by Gasteiger charge is -2.05. The van der Waals surface area contributed by atoms with Crippen LogP contribution in [0.4, 0.5) is 0 Å². The molecule has 1 amide bonds. The Morgan fingerprint density at radius 1 is 1.04 bits per heavy atom. The van der Waals surface area contributed by atoms with E-state index in [2.05, 4.69) is 4.99 Å². The molecule has 4 nitrogen and oxygen atoms in total. The molecule has 0 aliphatic heterocycles. The van der Waals surface area contributed by atoms with E-state index >= 15 is 0 Å². The van der Waals surface area contributed by atoms with Gasteiger partial charge in [0.25, 0.3) is 5.91 Å². The summed E-state index contributed by atoms with van der Waals surface area (Å²) in [7, 11) is 1.51. The van der Waals surface area contributed by atoms with Crippen molar-refractivity contribution in [2.45, 2.75) is 0 Å². The van der Waals surface area contributed by atoms with Crippen molar-refractivity contribution >= 4 is 22.9 Å². The summed E-state index contributed by atoms with van der Waals surface area (Å²) in [5.41, 5.74) is 0.900. The number of ether oxygens (including phenoxy) is 1. The Kier molecular flexibility index (Phi) is 4.06. The first-order valence-electron chi connectivity index (χ1n) is 7.13. The molecule has 0 saturated heterocycles. The van der Waals surface area contributed by atoms with Crippen molar-refractivity contribution in [1.82, 2.24) is 0 Å². The van der Waals surface area contributed by atoms with Crippen LogP contribution in [0.15, 0.2) is 65.7 Å². The summed E-state index contributed by atoms with van der Waals surface area (Å²) < 4.78 is 5.17. The van der Waals surface area contributed by atoms with Crippen LogP contribution in [0, 0.1) is 0 Å². The zero-order valence-electron chi connectivity index (χ0n) is 12.6. The van der Waals surface area contributed by atoms with Gasteiger partial charge >= 0.3 is 0 Å². The van der Waals surface area contributed by atoms with E-state index in [-0.39, 0.29) is 5.75 Å². The number of carbonyl (C=O) groups excluding carboxylic acids is 1. The maximum absolute atomic E-state index is 12.3. The third-order valence-corrected chi connectivity index (χ3v) is 3.60. The molecule has 3 aromatic carbocycles. The summed E-state index contributed by atoms with van der Waals surface area (Å²) >= 11 is 0. The van der Waals surface area contributed by atoms with E-state index in [1.807, 2.05) is 30.3 Å². The fourth-order valence-electron chi connectivity index (χ4n) is 2.43. The Morgan fingerprint density at radius 2 is 1.78 bits per heavy atom. The Bertz CT molecular complexity index is 900. The number of benzene rings is 3. The second-order valence-electron chi connectivity index (χ2n) is 4.98. The molecule has 0 aliphatic rings. The van der Waals surface area contributed by atoms with Crippen LogP contribution in [0.5, 0.6) is 11.5 Å². The van der Waals surface area contributed by atoms with Gasteiger partial charge in [-0.1, -0.05) is 42.5 Å². The molecule has 0 aromatic heterocycles. The molecule has 0 spiro atoms. The Labute approximate surface area is 133 Å². The largest absolute Gasteiger partial charge is 0.507 e. The number of aromatic hydroxyl groups is 1. The van der Waals surface area contributed by atoms with Crippen molar-refractivity contribution in [1.29, 1.82) is 0 Å². The SMILES string of the molecule is COc1ccccc1C(=O)N=Cc1c(O)ccc2ccccc12. The normalized spacial score (nSPS) is 11.0. The van der Waals surface area contributed by atoms with Crippen molar-refractivity contribution in [3.63, 3.8) is 0 Å². The monoisotopic (exact) mass is 305 g/mol. The van der Waals surface area contributed by atoms with E-state index in [0.29, 0.717) is 16.9 Å². The van der Waals surface area contributed by atoms with E-state index in [9.17, 15) is 9.90 Å². The number of hydrogen-bond acceptors (Lipinski definition) is 3. The number of rotatable bonds is 3. The predicted molar refractivity (Wildman–Crippen MR) is 90.5 cm³/mol. The van der Waals surface area contributed by atoms with Crippen molar-refractivity contribution < 1.29 is 14.6 Å². The molecule has 0 fully saturated rings. The summed E-state index contributed by atoms with van der Waals surface area (Å²) in [6, 6.07) is 17.9. The van der Waals surface area contributed by atoms with E-state index in [0.717, 1.165) is 10.8 Å². The minimum atomic E-state index is -0.421. The summed E-state index contributed by atoms with van der Waals surface area (Å²) in [6.45, 7) is 0. The van der Waals surface area contributed by atoms with Gasteiger partial charge in [0.1, 0.15) is 11.5 Å². The number of phenolic OH excluding ortho intramolecular Hbond substituents is 1. The molecular formula is C19H15NO3. The number of fused-ring (bicyclic) bond motifs is 1. The van der Waals surface area contributed by atoms with Crippen molar-refractivity contribution in [2.24, 2.45) is 4.99 Å². The zero-order chi connectivity index (χ0) is 16.2. The lowest BCUT2D eigenvalue weighted by Crippen LogP contribution is -2.00. The molecule has 0 radical (unpaired) electrons. The topological polar surface area (TPSA) is 58.9 Å². The van der Waals surface area contributed by atoms with Gasteiger partial charge in [-0.2, -0.15) is 0 Å². The second-order valence-corrected chi connectivity index (χ2v) is 4.98. The van der Waals surface area contributed by atoms with Gasteiger partial charge in [-0.25, -0.2) is 4.99 Å². The molecule has 0 bridgehead atoms. The van der Waals surface area contributed by atoms with Gasteiger partial charge in [-0.3, -0.25) is 4.79 Å². The number of carbonyl (C=O) groups is 1. The fourth-order valence-corrected chi connectivity index (χ4v) is 2.43. The molecule has 0 saturated carbocycles. The third kappa shape index (κ3) is 2.92. The lowest BCUT2D eigenvalue weighted by molar-refractivity contribution is 0.100. The van der Waals surface area contributed by atoms with Gasteiger partial charge < -0.3 is 9.84 Å². The highest BCUT2D eigenvalue weighted by molar-refractivity contribution is 6.08. The van der Waals surface area contributed by atoms with Crippen LogP contribution < -0.4 is 4.74 Å². The van der Waals surface area contributed by atoms with Crippen LogP contribution in [-0.4, -0.2) is 24.3 Å². The molecule has 0 heterocycles. The highest BCUT2D eigenvalue weighted by Crippen LogP contribution is 2.26. The van der Waals surface area contributed by atoms with Crippen LogP contribution in [0.2, 0.25) is 0 Å². The quantitative estimate of drug-likeness (QED) is 0.748.